The SMILES string of the molecule is C#Cc1cc2cc(C=O)ccc2o1. The van der Waals surface area contributed by atoms with Gasteiger partial charge in [0.05, 0.1) is 0 Å². The number of furan rings is 1. The molecule has 0 aliphatic heterocycles. The van der Waals surface area contributed by atoms with E-state index in [1.165, 1.54) is 0 Å². The molecule has 0 saturated carbocycles. The van der Waals surface area contributed by atoms with Crippen molar-refractivity contribution in [3.63, 3.8) is 0 Å². The first-order chi connectivity index (χ1) is 6.33. The van der Waals surface area contributed by atoms with Gasteiger partial charge in [-0.15, -0.1) is 6.42 Å². The van der Waals surface area contributed by atoms with E-state index in [1.807, 2.05) is 0 Å². The maximum absolute atomic E-state index is 10.5. The first-order valence-corrected chi connectivity index (χ1v) is 3.79. The van der Waals surface area contributed by atoms with Crippen molar-refractivity contribution >= 4 is 17.3 Å². The molecule has 2 nitrogen and oxygen atoms in total. The van der Waals surface area contributed by atoms with Gasteiger partial charge in [0, 0.05) is 17.0 Å². The van der Waals surface area contributed by atoms with Crippen LogP contribution >= 0.6 is 0 Å². The van der Waals surface area contributed by atoms with Gasteiger partial charge in [-0.25, -0.2) is 0 Å². The zero-order valence-electron chi connectivity index (χ0n) is 6.78. The van der Waals surface area contributed by atoms with Crippen molar-refractivity contribution in [1.82, 2.24) is 0 Å². The summed E-state index contributed by atoms with van der Waals surface area (Å²) >= 11 is 0. The zero-order valence-corrected chi connectivity index (χ0v) is 6.78. The van der Waals surface area contributed by atoms with Crippen molar-refractivity contribution in [2.24, 2.45) is 0 Å². The van der Waals surface area contributed by atoms with Crippen LogP contribution in [0.15, 0.2) is 28.7 Å². The fourth-order valence-corrected chi connectivity index (χ4v) is 1.21. The van der Waals surface area contributed by atoms with Gasteiger partial charge in [0.25, 0.3) is 0 Å². The standard InChI is InChI=1S/C11H6O2/c1-2-10-6-9-5-8(7-12)3-4-11(9)13-10/h1,3-7H. The van der Waals surface area contributed by atoms with Crippen molar-refractivity contribution in [3.05, 3.63) is 35.6 Å². The fourth-order valence-electron chi connectivity index (χ4n) is 1.21. The maximum Gasteiger partial charge on any atom is 0.177 e. The molecule has 1 aromatic carbocycles. The third-order valence-corrected chi connectivity index (χ3v) is 1.82. The van der Waals surface area contributed by atoms with Crippen molar-refractivity contribution < 1.29 is 9.21 Å². The number of fused-ring (bicyclic) bond motifs is 1. The lowest BCUT2D eigenvalue weighted by Gasteiger charge is -1.88. The normalized spacial score (nSPS) is 9.77. The molecule has 1 aromatic heterocycles. The molecular weight excluding hydrogens is 164 g/mol. The average Bonchev–Trinajstić information content (AvgIpc) is 2.58. The van der Waals surface area contributed by atoms with Crippen LogP contribution in [0.4, 0.5) is 0 Å². The molecule has 0 atom stereocenters. The summed E-state index contributed by atoms with van der Waals surface area (Å²) in [5.41, 5.74) is 1.33. The van der Waals surface area contributed by atoms with E-state index in [0.717, 1.165) is 11.7 Å². The van der Waals surface area contributed by atoms with E-state index >= 15 is 0 Å². The van der Waals surface area contributed by atoms with Gasteiger partial charge < -0.3 is 4.42 Å². The van der Waals surface area contributed by atoms with Crippen LogP contribution in [0.25, 0.3) is 11.0 Å². The molecular formula is C11H6O2. The van der Waals surface area contributed by atoms with E-state index in [1.54, 1.807) is 24.3 Å². The van der Waals surface area contributed by atoms with Crippen molar-refractivity contribution in [2.45, 2.75) is 0 Å². The van der Waals surface area contributed by atoms with Crippen LogP contribution in [0.2, 0.25) is 0 Å². The molecule has 0 spiro atoms. The monoisotopic (exact) mass is 170 g/mol. The molecule has 0 fully saturated rings. The zero-order chi connectivity index (χ0) is 9.26. The number of terminal acetylenes is 1. The van der Waals surface area contributed by atoms with Crippen LogP contribution in [0.1, 0.15) is 16.1 Å². The van der Waals surface area contributed by atoms with Gasteiger partial charge in [0.2, 0.25) is 0 Å². The van der Waals surface area contributed by atoms with Gasteiger partial charge in [0.15, 0.2) is 5.76 Å². The van der Waals surface area contributed by atoms with Gasteiger partial charge in [0.1, 0.15) is 11.9 Å². The molecule has 0 radical (unpaired) electrons. The lowest BCUT2D eigenvalue weighted by Crippen LogP contribution is -1.75. The molecule has 0 aliphatic rings. The Kier molecular flexibility index (Phi) is 1.64. The van der Waals surface area contributed by atoms with E-state index in [9.17, 15) is 4.79 Å². The number of carbonyl (C=O) groups excluding carboxylic acids is 1. The van der Waals surface area contributed by atoms with Gasteiger partial charge in [-0.2, -0.15) is 0 Å². The molecule has 2 rings (SSSR count). The summed E-state index contributed by atoms with van der Waals surface area (Å²) in [6.45, 7) is 0. The molecule has 62 valence electrons. The predicted molar refractivity (Wildman–Crippen MR) is 49.5 cm³/mol. The molecule has 2 heteroatoms. The molecule has 13 heavy (non-hydrogen) atoms. The predicted octanol–water partition coefficient (Wildman–Crippen LogP) is 2.23. The van der Waals surface area contributed by atoms with Gasteiger partial charge in [-0.1, -0.05) is 0 Å². The summed E-state index contributed by atoms with van der Waals surface area (Å²) in [7, 11) is 0. The first-order valence-electron chi connectivity index (χ1n) is 3.79. The minimum Gasteiger partial charge on any atom is -0.448 e. The summed E-state index contributed by atoms with van der Waals surface area (Å²) in [6.07, 6.45) is 5.96. The molecule has 0 N–H and O–H groups in total. The second kappa shape index (κ2) is 2.80. The van der Waals surface area contributed by atoms with E-state index in [2.05, 4.69) is 5.92 Å². The smallest absolute Gasteiger partial charge is 0.177 e. The van der Waals surface area contributed by atoms with Crippen LogP contribution in [-0.2, 0) is 0 Å². The molecule has 0 bridgehead atoms. The Morgan fingerprint density at radius 2 is 2.23 bits per heavy atom. The quantitative estimate of drug-likeness (QED) is 0.485. The number of hydrogen-bond donors (Lipinski definition) is 0. The Morgan fingerprint density at radius 3 is 2.92 bits per heavy atom. The molecule has 1 heterocycles. The van der Waals surface area contributed by atoms with E-state index in [-0.39, 0.29) is 0 Å². The average molecular weight is 170 g/mol. The van der Waals surface area contributed by atoms with Gasteiger partial charge in [-0.05, 0) is 24.1 Å². The Labute approximate surface area is 75.2 Å². The maximum atomic E-state index is 10.5. The highest BCUT2D eigenvalue weighted by Crippen LogP contribution is 2.19. The third-order valence-electron chi connectivity index (χ3n) is 1.82. The first kappa shape index (κ1) is 7.63. The number of carbonyl (C=O) groups is 1. The summed E-state index contributed by atoms with van der Waals surface area (Å²) in [4.78, 5) is 10.5. The highest BCUT2D eigenvalue weighted by atomic mass is 16.3. The van der Waals surface area contributed by atoms with Crippen LogP contribution in [-0.4, -0.2) is 6.29 Å². The highest BCUT2D eigenvalue weighted by Gasteiger charge is 2.01. The Balaban J connectivity index is 2.72. The van der Waals surface area contributed by atoms with E-state index < -0.39 is 0 Å². The van der Waals surface area contributed by atoms with E-state index in [0.29, 0.717) is 16.9 Å². The lowest BCUT2D eigenvalue weighted by atomic mass is 10.2. The minimum absolute atomic E-state index is 0.484. The Bertz CT molecular complexity index is 500. The number of benzene rings is 1. The molecule has 0 aliphatic carbocycles. The van der Waals surface area contributed by atoms with Crippen LogP contribution in [0, 0.1) is 12.3 Å². The molecule has 2 aromatic rings. The molecule has 0 saturated heterocycles. The minimum atomic E-state index is 0.484. The summed E-state index contributed by atoms with van der Waals surface area (Å²) in [5, 5.41) is 0.859. The Morgan fingerprint density at radius 1 is 1.38 bits per heavy atom. The summed E-state index contributed by atoms with van der Waals surface area (Å²) in [6, 6.07) is 6.91. The number of aldehydes is 1. The van der Waals surface area contributed by atoms with Gasteiger partial charge in [-0.3, -0.25) is 4.79 Å². The van der Waals surface area contributed by atoms with Crippen LogP contribution in [0.5, 0.6) is 0 Å². The summed E-state index contributed by atoms with van der Waals surface area (Å²) in [5.74, 6) is 2.88. The topological polar surface area (TPSA) is 30.2 Å². The van der Waals surface area contributed by atoms with Crippen molar-refractivity contribution in [3.8, 4) is 12.3 Å². The van der Waals surface area contributed by atoms with Crippen LogP contribution in [0.3, 0.4) is 0 Å². The molecule has 0 amide bonds. The molecule has 0 unspecified atom stereocenters. The van der Waals surface area contributed by atoms with Crippen molar-refractivity contribution in [2.75, 3.05) is 0 Å². The number of rotatable bonds is 1. The van der Waals surface area contributed by atoms with E-state index in [4.69, 9.17) is 10.8 Å². The lowest BCUT2D eigenvalue weighted by molar-refractivity contribution is 0.112. The number of hydrogen-bond acceptors (Lipinski definition) is 2. The second-order valence-corrected chi connectivity index (χ2v) is 2.67. The highest BCUT2D eigenvalue weighted by molar-refractivity contribution is 5.86. The second-order valence-electron chi connectivity index (χ2n) is 2.67. The fraction of sp³-hybridized carbons (Fsp3) is 0. The summed E-state index contributed by atoms with van der Waals surface area (Å²) < 4.78 is 5.26. The third kappa shape index (κ3) is 1.21. The van der Waals surface area contributed by atoms with Crippen molar-refractivity contribution in [1.29, 1.82) is 0 Å². The Hall–Kier alpha value is -2.01. The van der Waals surface area contributed by atoms with Gasteiger partial charge >= 0.3 is 0 Å². The van der Waals surface area contributed by atoms with Crippen LogP contribution < -0.4 is 0 Å². The largest absolute Gasteiger partial charge is 0.448 e.